The summed E-state index contributed by atoms with van der Waals surface area (Å²) in [6.45, 7) is 2.49. The third-order valence-electron chi connectivity index (χ3n) is 2.32. The second-order valence-electron chi connectivity index (χ2n) is 3.80. The van der Waals surface area contributed by atoms with Gasteiger partial charge in [-0.1, -0.05) is 11.6 Å². The summed E-state index contributed by atoms with van der Waals surface area (Å²) in [5.41, 5.74) is 0.373. The van der Waals surface area contributed by atoms with Gasteiger partial charge in [0.2, 0.25) is 0 Å². The van der Waals surface area contributed by atoms with Gasteiger partial charge in [-0.15, -0.1) is 11.6 Å². The van der Waals surface area contributed by atoms with E-state index >= 15 is 0 Å². The Morgan fingerprint density at radius 1 is 1.50 bits per heavy atom. The summed E-state index contributed by atoms with van der Waals surface area (Å²) in [5.74, 6) is 1.24. The van der Waals surface area contributed by atoms with Crippen molar-refractivity contribution in [2.24, 2.45) is 0 Å². The van der Waals surface area contributed by atoms with E-state index < -0.39 is 0 Å². The van der Waals surface area contributed by atoms with Gasteiger partial charge in [0.05, 0.1) is 0 Å². The minimum atomic E-state index is -0.0947. The Bertz CT molecular complexity index is 338. The predicted molar refractivity (Wildman–Crippen MR) is 62.8 cm³/mol. The predicted octanol–water partition coefficient (Wildman–Crippen LogP) is 2.46. The SMILES string of the molecule is Cc1cc(C(=O)N(C)CCCCCCl)no1. The van der Waals surface area contributed by atoms with Crippen molar-refractivity contribution in [3.63, 3.8) is 0 Å². The van der Waals surface area contributed by atoms with E-state index in [9.17, 15) is 4.79 Å². The van der Waals surface area contributed by atoms with Crippen molar-refractivity contribution in [1.82, 2.24) is 10.1 Å². The molecule has 4 nitrogen and oxygen atoms in total. The largest absolute Gasteiger partial charge is 0.361 e. The van der Waals surface area contributed by atoms with Gasteiger partial charge in [0.25, 0.3) is 5.91 Å². The molecule has 0 unspecified atom stereocenters. The number of carbonyl (C=O) groups excluding carboxylic acids is 1. The summed E-state index contributed by atoms with van der Waals surface area (Å²) >= 11 is 5.58. The van der Waals surface area contributed by atoms with Crippen molar-refractivity contribution in [2.75, 3.05) is 19.5 Å². The highest BCUT2D eigenvalue weighted by atomic mass is 35.5. The van der Waals surface area contributed by atoms with Crippen LogP contribution in [0.2, 0.25) is 0 Å². The number of aryl methyl sites for hydroxylation is 1. The molecule has 1 aromatic heterocycles. The molecule has 1 heterocycles. The zero-order chi connectivity index (χ0) is 12.0. The topological polar surface area (TPSA) is 46.3 Å². The highest BCUT2D eigenvalue weighted by Gasteiger charge is 2.15. The molecular formula is C11H17ClN2O2. The number of hydrogen-bond acceptors (Lipinski definition) is 3. The van der Waals surface area contributed by atoms with Crippen LogP contribution >= 0.6 is 11.6 Å². The van der Waals surface area contributed by atoms with Crippen LogP contribution in [-0.2, 0) is 0 Å². The summed E-state index contributed by atoms with van der Waals surface area (Å²) < 4.78 is 4.86. The summed E-state index contributed by atoms with van der Waals surface area (Å²) in [6, 6.07) is 1.65. The Labute approximate surface area is 101 Å². The van der Waals surface area contributed by atoms with Crippen molar-refractivity contribution >= 4 is 17.5 Å². The van der Waals surface area contributed by atoms with Crippen LogP contribution in [-0.4, -0.2) is 35.4 Å². The molecule has 1 amide bonds. The molecule has 0 aliphatic carbocycles. The van der Waals surface area contributed by atoms with Crippen LogP contribution in [0.5, 0.6) is 0 Å². The lowest BCUT2D eigenvalue weighted by Crippen LogP contribution is -2.27. The second kappa shape index (κ2) is 6.53. The van der Waals surface area contributed by atoms with E-state index in [-0.39, 0.29) is 5.91 Å². The maximum absolute atomic E-state index is 11.8. The number of aromatic nitrogens is 1. The fourth-order valence-corrected chi connectivity index (χ4v) is 1.57. The number of halogens is 1. The van der Waals surface area contributed by atoms with Gasteiger partial charge in [-0.3, -0.25) is 4.79 Å². The Morgan fingerprint density at radius 3 is 2.81 bits per heavy atom. The molecule has 1 rings (SSSR count). The first-order valence-corrected chi connectivity index (χ1v) is 5.93. The van der Waals surface area contributed by atoms with E-state index in [0.717, 1.165) is 25.8 Å². The Balaban J connectivity index is 2.36. The maximum Gasteiger partial charge on any atom is 0.275 e. The van der Waals surface area contributed by atoms with Crippen LogP contribution in [0, 0.1) is 6.92 Å². The molecular weight excluding hydrogens is 228 g/mol. The third kappa shape index (κ3) is 3.85. The van der Waals surface area contributed by atoms with Gasteiger partial charge in [-0.05, 0) is 19.8 Å². The molecule has 16 heavy (non-hydrogen) atoms. The van der Waals surface area contributed by atoms with Gasteiger partial charge < -0.3 is 9.42 Å². The molecule has 0 atom stereocenters. The fraction of sp³-hybridized carbons (Fsp3) is 0.636. The van der Waals surface area contributed by atoms with Crippen molar-refractivity contribution < 1.29 is 9.32 Å². The number of unbranched alkanes of at least 4 members (excludes halogenated alkanes) is 2. The van der Waals surface area contributed by atoms with Gasteiger partial charge in [-0.2, -0.15) is 0 Å². The quantitative estimate of drug-likeness (QED) is 0.571. The van der Waals surface area contributed by atoms with Crippen molar-refractivity contribution in [2.45, 2.75) is 26.2 Å². The molecule has 90 valence electrons. The number of rotatable bonds is 6. The molecule has 0 aliphatic heterocycles. The smallest absolute Gasteiger partial charge is 0.275 e. The monoisotopic (exact) mass is 244 g/mol. The van der Waals surface area contributed by atoms with E-state index in [1.165, 1.54) is 0 Å². The fourth-order valence-electron chi connectivity index (χ4n) is 1.38. The Kier molecular flexibility index (Phi) is 5.32. The van der Waals surface area contributed by atoms with E-state index in [1.807, 2.05) is 0 Å². The average Bonchev–Trinajstić information content (AvgIpc) is 2.70. The maximum atomic E-state index is 11.8. The summed E-state index contributed by atoms with van der Waals surface area (Å²) in [6.07, 6.45) is 3.00. The minimum absolute atomic E-state index is 0.0947. The van der Waals surface area contributed by atoms with E-state index in [4.69, 9.17) is 16.1 Å². The molecule has 1 aromatic rings. The van der Waals surface area contributed by atoms with Crippen LogP contribution in [0.4, 0.5) is 0 Å². The van der Waals surface area contributed by atoms with Crippen molar-refractivity contribution in [3.8, 4) is 0 Å². The first kappa shape index (κ1) is 13.0. The minimum Gasteiger partial charge on any atom is -0.361 e. The summed E-state index contributed by atoms with van der Waals surface area (Å²) in [4.78, 5) is 13.5. The van der Waals surface area contributed by atoms with Crippen LogP contribution in [0.25, 0.3) is 0 Å². The molecule has 0 radical (unpaired) electrons. The van der Waals surface area contributed by atoms with E-state index in [0.29, 0.717) is 17.3 Å². The molecule has 0 aromatic carbocycles. The third-order valence-corrected chi connectivity index (χ3v) is 2.59. The lowest BCUT2D eigenvalue weighted by molar-refractivity contribution is 0.0782. The number of alkyl halides is 1. The molecule has 0 aliphatic rings. The van der Waals surface area contributed by atoms with Gasteiger partial charge in [0.15, 0.2) is 5.69 Å². The highest BCUT2D eigenvalue weighted by Crippen LogP contribution is 2.06. The van der Waals surface area contributed by atoms with E-state index in [1.54, 1.807) is 24.9 Å². The number of nitrogens with zero attached hydrogens (tertiary/aromatic N) is 2. The molecule has 0 fully saturated rings. The molecule has 0 saturated heterocycles. The zero-order valence-electron chi connectivity index (χ0n) is 9.70. The van der Waals surface area contributed by atoms with Crippen LogP contribution in [0.1, 0.15) is 35.5 Å². The molecule has 5 heteroatoms. The van der Waals surface area contributed by atoms with Gasteiger partial charge >= 0.3 is 0 Å². The summed E-state index contributed by atoms with van der Waals surface area (Å²) in [5, 5.41) is 3.69. The lowest BCUT2D eigenvalue weighted by Gasteiger charge is -2.14. The second-order valence-corrected chi connectivity index (χ2v) is 4.18. The molecule has 0 N–H and O–H groups in total. The summed E-state index contributed by atoms with van der Waals surface area (Å²) in [7, 11) is 1.77. The van der Waals surface area contributed by atoms with Crippen molar-refractivity contribution in [1.29, 1.82) is 0 Å². The number of amides is 1. The van der Waals surface area contributed by atoms with Gasteiger partial charge in [0.1, 0.15) is 5.76 Å². The molecule has 0 spiro atoms. The molecule has 0 bridgehead atoms. The lowest BCUT2D eigenvalue weighted by atomic mass is 10.2. The first-order chi connectivity index (χ1) is 7.65. The van der Waals surface area contributed by atoms with E-state index in [2.05, 4.69) is 5.16 Å². The normalized spacial score (nSPS) is 10.4. The van der Waals surface area contributed by atoms with Crippen LogP contribution in [0.15, 0.2) is 10.6 Å². The zero-order valence-corrected chi connectivity index (χ0v) is 10.5. The van der Waals surface area contributed by atoms with Crippen molar-refractivity contribution in [3.05, 3.63) is 17.5 Å². The van der Waals surface area contributed by atoms with Crippen LogP contribution in [0.3, 0.4) is 0 Å². The van der Waals surface area contributed by atoms with Gasteiger partial charge in [0, 0.05) is 25.5 Å². The number of hydrogen-bond donors (Lipinski definition) is 0. The highest BCUT2D eigenvalue weighted by molar-refractivity contribution is 6.17. The number of carbonyl (C=O) groups is 1. The Morgan fingerprint density at radius 2 is 2.25 bits per heavy atom. The Hall–Kier alpha value is -1.03. The molecule has 0 saturated carbocycles. The standard InChI is InChI=1S/C11H17ClN2O2/c1-9-8-10(13-16-9)11(15)14(2)7-5-3-4-6-12/h8H,3-7H2,1-2H3. The average molecular weight is 245 g/mol. The van der Waals surface area contributed by atoms with Gasteiger partial charge in [-0.25, -0.2) is 0 Å². The van der Waals surface area contributed by atoms with Crippen LogP contribution < -0.4 is 0 Å². The first-order valence-electron chi connectivity index (χ1n) is 5.40.